The highest BCUT2D eigenvalue weighted by atomic mass is 79.9. The van der Waals surface area contributed by atoms with E-state index in [2.05, 4.69) is 40.0 Å². The molecular formula is C21H22BrN3O2S. The highest BCUT2D eigenvalue weighted by molar-refractivity contribution is 9.10. The Kier molecular flexibility index (Phi) is 6.80. The van der Waals surface area contributed by atoms with Crippen molar-refractivity contribution in [3.8, 4) is 0 Å². The van der Waals surface area contributed by atoms with Crippen LogP contribution in [0.2, 0.25) is 0 Å². The van der Waals surface area contributed by atoms with Crippen molar-refractivity contribution in [2.45, 2.75) is 13.8 Å². The molecule has 0 unspecified atom stereocenters. The fourth-order valence-electron chi connectivity index (χ4n) is 2.90. The summed E-state index contributed by atoms with van der Waals surface area (Å²) in [5.41, 5.74) is 2.90. The molecule has 1 fully saturated rings. The largest absolute Gasteiger partial charge is 0.372 e. The van der Waals surface area contributed by atoms with Crippen LogP contribution >= 0.6 is 27.7 Å². The summed E-state index contributed by atoms with van der Waals surface area (Å²) >= 11 is 4.36. The fraction of sp³-hybridized carbons (Fsp3) is 0.238. The number of nitrogens with one attached hydrogen (secondary N) is 1. The first-order valence-electron chi connectivity index (χ1n) is 9.11. The van der Waals surface area contributed by atoms with E-state index in [4.69, 9.17) is 0 Å². The van der Waals surface area contributed by atoms with Crippen molar-refractivity contribution >= 4 is 56.3 Å². The van der Waals surface area contributed by atoms with Crippen LogP contribution in [0.25, 0.3) is 6.08 Å². The van der Waals surface area contributed by atoms with Crippen molar-refractivity contribution in [3.63, 3.8) is 0 Å². The first kappa shape index (κ1) is 20.5. The number of amides is 2. The summed E-state index contributed by atoms with van der Waals surface area (Å²) in [5.74, 6) is -0.271. The normalized spacial score (nSPS) is 15.4. The van der Waals surface area contributed by atoms with E-state index in [9.17, 15) is 9.59 Å². The number of benzene rings is 2. The molecule has 2 aromatic carbocycles. The minimum Gasteiger partial charge on any atom is -0.372 e. The number of imide groups is 1. The number of anilines is 2. The fourth-order valence-corrected chi connectivity index (χ4v) is 4.00. The predicted octanol–water partition coefficient (Wildman–Crippen LogP) is 5.40. The molecule has 0 atom stereocenters. The van der Waals surface area contributed by atoms with Crippen LogP contribution in [0.3, 0.4) is 0 Å². The van der Waals surface area contributed by atoms with Gasteiger partial charge in [-0.05, 0) is 73.6 Å². The lowest BCUT2D eigenvalue weighted by Gasteiger charge is -2.20. The Labute approximate surface area is 177 Å². The molecular weight excluding hydrogens is 438 g/mol. The average molecular weight is 460 g/mol. The summed E-state index contributed by atoms with van der Waals surface area (Å²) in [4.78, 5) is 28.8. The number of nitrogens with zero attached hydrogens (tertiary/aromatic N) is 2. The minimum atomic E-state index is -0.271. The van der Waals surface area contributed by atoms with Crippen molar-refractivity contribution in [2.75, 3.05) is 30.0 Å². The van der Waals surface area contributed by atoms with Crippen LogP contribution in [0.15, 0.2) is 57.9 Å². The lowest BCUT2D eigenvalue weighted by molar-refractivity contribution is -0.122. The topological polar surface area (TPSA) is 52.7 Å². The molecule has 3 rings (SSSR count). The zero-order valence-electron chi connectivity index (χ0n) is 15.8. The molecule has 2 amide bonds. The second kappa shape index (κ2) is 9.30. The van der Waals surface area contributed by atoms with E-state index >= 15 is 0 Å². The third-order valence-corrected chi connectivity index (χ3v) is 5.91. The summed E-state index contributed by atoms with van der Waals surface area (Å²) in [7, 11) is 0. The van der Waals surface area contributed by atoms with E-state index in [-0.39, 0.29) is 17.8 Å². The number of hydrogen-bond donors (Lipinski definition) is 1. The Bertz CT molecular complexity index is 878. The molecule has 1 N–H and O–H groups in total. The first-order chi connectivity index (χ1) is 13.5. The Morgan fingerprint density at radius 3 is 2.29 bits per heavy atom. The van der Waals surface area contributed by atoms with Gasteiger partial charge in [0.25, 0.3) is 11.1 Å². The summed E-state index contributed by atoms with van der Waals surface area (Å²) in [6.45, 7) is 6.27. The molecule has 7 heteroatoms. The van der Waals surface area contributed by atoms with Gasteiger partial charge in [-0.2, -0.15) is 0 Å². The van der Waals surface area contributed by atoms with Crippen LogP contribution in [0, 0.1) is 0 Å². The number of carbonyl (C=O) groups is 2. The Hall–Kier alpha value is -2.25. The number of thioether (sulfide) groups is 1. The van der Waals surface area contributed by atoms with Gasteiger partial charge in [-0.3, -0.25) is 14.5 Å². The van der Waals surface area contributed by atoms with Crippen LogP contribution in [0.1, 0.15) is 19.4 Å². The van der Waals surface area contributed by atoms with Crippen LogP contribution in [0.5, 0.6) is 0 Å². The maximum atomic E-state index is 12.6. The van der Waals surface area contributed by atoms with Crippen molar-refractivity contribution in [3.05, 3.63) is 63.5 Å². The molecule has 0 radical (unpaired) electrons. The molecule has 1 saturated heterocycles. The molecule has 1 heterocycles. The summed E-state index contributed by atoms with van der Waals surface area (Å²) in [5, 5.41) is 2.85. The molecule has 0 aromatic heterocycles. The van der Waals surface area contributed by atoms with Gasteiger partial charge in [-0.1, -0.05) is 28.1 Å². The van der Waals surface area contributed by atoms with Crippen molar-refractivity contribution in [2.24, 2.45) is 0 Å². The van der Waals surface area contributed by atoms with Crippen LogP contribution < -0.4 is 10.2 Å². The molecule has 0 aliphatic carbocycles. The predicted molar refractivity (Wildman–Crippen MR) is 120 cm³/mol. The molecule has 0 bridgehead atoms. The zero-order chi connectivity index (χ0) is 20.1. The van der Waals surface area contributed by atoms with Crippen molar-refractivity contribution in [1.82, 2.24) is 4.90 Å². The van der Waals surface area contributed by atoms with Gasteiger partial charge in [0.05, 0.1) is 11.6 Å². The third-order valence-electron chi connectivity index (χ3n) is 4.48. The highest BCUT2D eigenvalue weighted by Gasteiger charge is 2.34. The van der Waals surface area contributed by atoms with Crippen LogP contribution in [-0.2, 0) is 4.79 Å². The van der Waals surface area contributed by atoms with Crippen molar-refractivity contribution in [1.29, 1.82) is 0 Å². The summed E-state index contributed by atoms with van der Waals surface area (Å²) in [6, 6.07) is 15.6. The zero-order valence-corrected chi connectivity index (χ0v) is 18.2. The van der Waals surface area contributed by atoms with Crippen molar-refractivity contribution < 1.29 is 9.59 Å². The summed E-state index contributed by atoms with van der Waals surface area (Å²) in [6.07, 6.45) is 1.77. The number of hydrogen-bond acceptors (Lipinski definition) is 5. The minimum absolute atomic E-state index is 0.143. The lowest BCUT2D eigenvalue weighted by Crippen LogP contribution is -2.33. The molecule has 2 aromatic rings. The molecule has 5 nitrogen and oxygen atoms in total. The van der Waals surface area contributed by atoms with Gasteiger partial charge in [0.15, 0.2) is 0 Å². The third kappa shape index (κ3) is 4.77. The molecule has 1 aliphatic heterocycles. The van der Waals surface area contributed by atoms with E-state index in [1.165, 1.54) is 4.90 Å². The molecule has 0 spiro atoms. The maximum Gasteiger partial charge on any atom is 0.295 e. The SMILES string of the molecule is CCN(CC)c1ccc(/C=C2/SC(=O)N(CNc3ccc(Br)cc3)C2=O)cc1. The standard InChI is InChI=1S/C21H22BrN3O2S/c1-3-24(4-2)18-11-5-15(6-12-18)13-19-20(26)25(21(27)28-19)14-23-17-9-7-16(22)8-10-17/h5-13,23H,3-4,14H2,1-2H3/b19-13+. The van der Waals surface area contributed by atoms with Gasteiger partial charge in [-0.15, -0.1) is 0 Å². The van der Waals surface area contributed by atoms with Gasteiger partial charge in [0.1, 0.15) is 0 Å². The second-order valence-corrected chi connectivity index (χ2v) is 8.12. The van der Waals surface area contributed by atoms with E-state index in [1.807, 2.05) is 48.5 Å². The van der Waals surface area contributed by atoms with E-state index in [0.717, 1.165) is 46.3 Å². The van der Waals surface area contributed by atoms with Crippen LogP contribution in [-0.4, -0.2) is 35.8 Å². The molecule has 28 heavy (non-hydrogen) atoms. The smallest absolute Gasteiger partial charge is 0.295 e. The maximum absolute atomic E-state index is 12.6. The van der Waals surface area contributed by atoms with Crippen LogP contribution in [0.4, 0.5) is 16.2 Å². The van der Waals surface area contributed by atoms with Gasteiger partial charge in [0, 0.05) is 28.9 Å². The number of halogens is 1. The van der Waals surface area contributed by atoms with E-state index in [0.29, 0.717) is 4.91 Å². The van der Waals surface area contributed by atoms with Gasteiger partial charge in [-0.25, -0.2) is 0 Å². The molecule has 0 saturated carbocycles. The Morgan fingerprint density at radius 2 is 1.68 bits per heavy atom. The van der Waals surface area contributed by atoms with E-state index in [1.54, 1.807) is 6.08 Å². The highest BCUT2D eigenvalue weighted by Crippen LogP contribution is 2.32. The monoisotopic (exact) mass is 459 g/mol. The lowest BCUT2D eigenvalue weighted by atomic mass is 10.1. The van der Waals surface area contributed by atoms with Gasteiger partial charge < -0.3 is 10.2 Å². The Morgan fingerprint density at radius 1 is 1.04 bits per heavy atom. The Balaban J connectivity index is 1.67. The number of carbonyl (C=O) groups excluding carboxylic acids is 2. The van der Waals surface area contributed by atoms with E-state index < -0.39 is 0 Å². The molecule has 146 valence electrons. The number of rotatable bonds is 7. The average Bonchev–Trinajstić information content (AvgIpc) is 2.96. The first-order valence-corrected chi connectivity index (χ1v) is 10.7. The van der Waals surface area contributed by atoms with Gasteiger partial charge >= 0.3 is 0 Å². The summed E-state index contributed by atoms with van der Waals surface area (Å²) < 4.78 is 0.971. The second-order valence-electron chi connectivity index (χ2n) is 6.22. The molecule has 1 aliphatic rings. The quantitative estimate of drug-likeness (QED) is 0.561. The van der Waals surface area contributed by atoms with Gasteiger partial charge in [0.2, 0.25) is 0 Å².